The van der Waals surface area contributed by atoms with Crippen LogP contribution in [0.5, 0.6) is 0 Å². The van der Waals surface area contributed by atoms with Gasteiger partial charge in [0.1, 0.15) is 0 Å². The summed E-state index contributed by atoms with van der Waals surface area (Å²) in [5.41, 5.74) is 0.628. The van der Waals surface area contributed by atoms with E-state index in [1.807, 2.05) is 0 Å². The van der Waals surface area contributed by atoms with Gasteiger partial charge in [0.25, 0.3) is 5.91 Å². The van der Waals surface area contributed by atoms with E-state index in [1.54, 1.807) is 24.3 Å². The summed E-state index contributed by atoms with van der Waals surface area (Å²) in [6.45, 7) is 4.72. The van der Waals surface area contributed by atoms with Gasteiger partial charge in [0.2, 0.25) is 10.0 Å². The molecule has 0 aliphatic rings. The van der Waals surface area contributed by atoms with Crippen LogP contribution in [-0.2, 0) is 10.0 Å². The monoisotopic (exact) mass is 284 g/mol. The maximum atomic E-state index is 12.0. The van der Waals surface area contributed by atoms with Crippen molar-refractivity contribution in [3.8, 4) is 0 Å². The zero-order valence-corrected chi connectivity index (χ0v) is 12.3. The lowest BCUT2D eigenvalue weighted by Crippen LogP contribution is -2.26. The molecular weight excluding hydrogens is 264 g/mol. The van der Waals surface area contributed by atoms with E-state index in [1.165, 1.54) is 0 Å². The number of para-hydroxylation sites is 1. The summed E-state index contributed by atoms with van der Waals surface area (Å²) in [5.74, 6) is 0.233. The molecule has 0 aliphatic heterocycles. The Morgan fingerprint density at radius 2 is 1.89 bits per heavy atom. The van der Waals surface area contributed by atoms with E-state index in [9.17, 15) is 13.2 Å². The molecule has 0 unspecified atom stereocenters. The van der Waals surface area contributed by atoms with Crippen molar-refractivity contribution < 1.29 is 13.2 Å². The number of hydrogen-bond donors (Lipinski definition) is 2. The van der Waals surface area contributed by atoms with Gasteiger partial charge < -0.3 is 5.32 Å². The van der Waals surface area contributed by atoms with E-state index in [2.05, 4.69) is 23.9 Å². The number of hydrogen-bond acceptors (Lipinski definition) is 3. The van der Waals surface area contributed by atoms with Crippen molar-refractivity contribution in [1.29, 1.82) is 0 Å². The van der Waals surface area contributed by atoms with E-state index < -0.39 is 10.0 Å². The smallest absolute Gasteiger partial charge is 0.253 e. The van der Waals surface area contributed by atoms with Crippen molar-refractivity contribution >= 4 is 21.6 Å². The first kappa shape index (κ1) is 15.5. The summed E-state index contributed by atoms with van der Waals surface area (Å²) in [4.78, 5) is 12.0. The number of anilines is 1. The fourth-order valence-electron chi connectivity index (χ4n) is 1.54. The molecule has 0 radical (unpaired) electrons. The van der Waals surface area contributed by atoms with Crippen molar-refractivity contribution in [3.05, 3.63) is 29.8 Å². The first-order chi connectivity index (χ1) is 8.79. The normalized spacial score (nSPS) is 11.4. The first-order valence-electron chi connectivity index (χ1n) is 6.14. The van der Waals surface area contributed by atoms with Crippen LogP contribution in [-0.4, -0.2) is 27.1 Å². The van der Waals surface area contributed by atoms with Gasteiger partial charge in [-0.15, -0.1) is 0 Å². The molecule has 1 amide bonds. The summed E-state index contributed by atoms with van der Waals surface area (Å²) in [7, 11) is -3.40. The summed E-state index contributed by atoms with van der Waals surface area (Å²) >= 11 is 0. The van der Waals surface area contributed by atoms with Gasteiger partial charge in [-0.25, -0.2) is 8.42 Å². The molecule has 0 fully saturated rings. The zero-order chi connectivity index (χ0) is 14.5. The Morgan fingerprint density at radius 3 is 2.47 bits per heavy atom. The quantitative estimate of drug-likeness (QED) is 0.837. The fourth-order valence-corrected chi connectivity index (χ4v) is 2.12. The third-order valence-corrected chi connectivity index (χ3v) is 3.06. The van der Waals surface area contributed by atoms with Crippen molar-refractivity contribution in [2.45, 2.75) is 20.3 Å². The number of sulfonamides is 1. The molecule has 0 spiro atoms. The highest BCUT2D eigenvalue weighted by atomic mass is 32.2. The Labute approximate surface area is 114 Å². The Hall–Kier alpha value is -1.56. The largest absolute Gasteiger partial charge is 0.352 e. The number of nitrogens with one attached hydrogen (secondary N) is 2. The molecule has 0 aliphatic carbocycles. The Balaban J connectivity index is 2.79. The lowest BCUT2D eigenvalue weighted by Gasteiger charge is -2.11. The molecule has 1 rings (SSSR count). The van der Waals surface area contributed by atoms with E-state index in [-0.39, 0.29) is 5.91 Å². The van der Waals surface area contributed by atoms with Crippen LogP contribution >= 0.6 is 0 Å². The molecule has 0 heterocycles. The number of rotatable bonds is 6. The van der Waals surface area contributed by atoms with Crippen molar-refractivity contribution in [3.63, 3.8) is 0 Å². The minimum absolute atomic E-state index is 0.271. The van der Waals surface area contributed by atoms with E-state index in [0.717, 1.165) is 12.7 Å². The molecule has 5 nitrogen and oxygen atoms in total. The maximum Gasteiger partial charge on any atom is 0.253 e. The molecule has 1 aromatic carbocycles. The van der Waals surface area contributed by atoms with Crippen LogP contribution in [0, 0.1) is 5.92 Å². The minimum atomic E-state index is -3.40. The molecule has 0 aromatic heterocycles. The summed E-state index contributed by atoms with van der Waals surface area (Å²) in [6.07, 6.45) is 1.94. The topological polar surface area (TPSA) is 75.3 Å². The van der Waals surface area contributed by atoms with Gasteiger partial charge in [-0.05, 0) is 24.5 Å². The van der Waals surface area contributed by atoms with Crippen molar-refractivity contribution in [2.75, 3.05) is 17.5 Å². The Morgan fingerprint density at radius 1 is 1.26 bits per heavy atom. The first-order valence-corrected chi connectivity index (χ1v) is 8.04. The van der Waals surface area contributed by atoms with Gasteiger partial charge in [0.15, 0.2) is 0 Å². The summed E-state index contributed by atoms with van der Waals surface area (Å²) in [6, 6.07) is 6.54. The van der Waals surface area contributed by atoms with Gasteiger partial charge in [0.05, 0.1) is 17.5 Å². The summed E-state index contributed by atoms with van der Waals surface area (Å²) < 4.78 is 24.8. The predicted molar refractivity (Wildman–Crippen MR) is 76.7 cm³/mol. The molecule has 0 saturated heterocycles. The molecule has 0 atom stereocenters. The molecule has 106 valence electrons. The number of amides is 1. The van der Waals surface area contributed by atoms with Crippen LogP contribution < -0.4 is 10.0 Å². The predicted octanol–water partition coefficient (Wildman–Crippen LogP) is 1.83. The van der Waals surface area contributed by atoms with Crippen LogP contribution in [0.2, 0.25) is 0 Å². The molecule has 2 N–H and O–H groups in total. The highest BCUT2D eigenvalue weighted by molar-refractivity contribution is 7.92. The number of carbonyl (C=O) groups is 1. The van der Waals surface area contributed by atoms with Crippen LogP contribution in [0.4, 0.5) is 5.69 Å². The highest BCUT2D eigenvalue weighted by Crippen LogP contribution is 2.16. The molecule has 0 bridgehead atoms. The fraction of sp³-hybridized carbons (Fsp3) is 0.462. The van der Waals surface area contributed by atoms with E-state index in [0.29, 0.717) is 23.7 Å². The van der Waals surface area contributed by atoms with Crippen LogP contribution in [0.1, 0.15) is 30.6 Å². The van der Waals surface area contributed by atoms with Crippen molar-refractivity contribution in [2.24, 2.45) is 5.92 Å². The Kier molecular flexibility index (Phi) is 5.35. The van der Waals surface area contributed by atoms with Gasteiger partial charge in [0, 0.05) is 6.54 Å². The average molecular weight is 284 g/mol. The van der Waals surface area contributed by atoms with Gasteiger partial charge in [-0.3, -0.25) is 9.52 Å². The van der Waals surface area contributed by atoms with Crippen LogP contribution in [0.3, 0.4) is 0 Å². The van der Waals surface area contributed by atoms with E-state index >= 15 is 0 Å². The third kappa shape index (κ3) is 5.74. The SMILES string of the molecule is CC(C)CCNC(=O)c1ccccc1NS(C)(=O)=O. The number of carbonyl (C=O) groups excluding carboxylic acids is 1. The summed E-state index contributed by atoms with van der Waals surface area (Å²) in [5, 5.41) is 2.78. The zero-order valence-electron chi connectivity index (χ0n) is 11.4. The Bertz CT molecular complexity index is 539. The highest BCUT2D eigenvalue weighted by Gasteiger charge is 2.13. The van der Waals surface area contributed by atoms with Crippen LogP contribution in [0.15, 0.2) is 24.3 Å². The second-order valence-corrected chi connectivity index (χ2v) is 6.61. The molecule has 1 aromatic rings. The van der Waals surface area contributed by atoms with Gasteiger partial charge >= 0.3 is 0 Å². The lowest BCUT2D eigenvalue weighted by atomic mass is 10.1. The number of benzene rings is 1. The minimum Gasteiger partial charge on any atom is -0.352 e. The molecule has 6 heteroatoms. The van der Waals surface area contributed by atoms with Gasteiger partial charge in [-0.1, -0.05) is 26.0 Å². The maximum absolute atomic E-state index is 12.0. The molecule has 0 saturated carbocycles. The third-order valence-electron chi connectivity index (χ3n) is 2.47. The van der Waals surface area contributed by atoms with Gasteiger partial charge in [-0.2, -0.15) is 0 Å². The molecular formula is C13H20N2O3S. The second kappa shape index (κ2) is 6.56. The van der Waals surface area contributed by atoms with E-state index in [4.69, 9.17) is 0 Å². The van der Waals surface area contributed by atoms with Crippen LogP contribution in [0.25, 0.3) is 0 Å². The lowest BCUT2D eigenvalue weighted by molar-refractivity contribution is 0.0953. The van der Waals surface area contributed by atoms with Crippen molar-refractivity contribution in [1.82, 2.24) is 5.32 Å². The molecule has 19 heavy (non-hydrogen) atoms. The standard InChI is InChI=1S/C13H20N2O3S/c1-10(2)8-9-14-13(16)11-6-4-5-7-12(11)15-19(3,17)18/h4-7,10,15H,8-9H2,1-3H3,(H,14,16). The average Bonchev–Trinajstić information content (AvgIpc) is 2.26. The second-order valence-electron chi connectivity index (χ2n) is 4.86.